The van der Waals surface area contributed by atoms with Crippen molar-refractivity contribution in [1.82, 2.24) is 5.32 Å². The quantitative estimate of drug-likeness (QED) is 0.864. The summed E-state index contributed by atoms with van der Waals surface area (Å²) in [5.74, 6) is -0.181. The molecule has 0 unspecified atom stereocenters. The summed E-state index contributed by atoms with van der Waals surface area (Å²) in [5.41, 5.74) is 3.86. The van der Waals surface area contributed by atoms with Gasteiger partial charge in [-0.3, -0.25) is 0 Å². The van der Waals surface area contributed by atoms with Crippen molar-refractivity contribution in [2.24, 2.45) is 0 Å². The Labute approximate surface area is 118 Å². The van der Waals surface area contributed by atoms with Crippen LogP contribution in [0, 0.1) is 12.7 Å². The van der Waals surface area contributed by atoms with Crippen LogP contribution in [0.3, 0.4) is 0 Å². The molecule has 0 aliphatic rings. The highest BCUT2D eigenvalue weighted by Crippen LogP contribution is 2.28. The second kappa shape index (κ2) is 6.18. The van der Waals surface area contributed by atoms with Crippen LogP contribution in [0.1, 0.15) is 18.1 Å². The second-order valence-corrected chi connectivity index (χ2v) is 4.98. The third-order valence-electron chi connectivity index (χ3n) is 3.11. The van der Waals surface area contributed by atoms with Crippen LogP contribution in [0.15, 0.2) is 36.4 Å². The SMILES string of the molecule is CCNCc1ccc(Cl)cc1-c1ccc(F)c(C)c1. The molecule has 2 rings (SSSR count). The first-order valence-electron chi connectivity index (χ1n) is 6.37. The molecule has 1 N–H and O–H groups in total. The Morgan fingerprint density at radius 3 is 2.63 bits per heavy atom. The molecule has 0 aliphatic carbocycles. The number of rotatable bonds is 4. The van der Waals surface area contributed by atoms with Crippen molar-refractivity contribution in [3.8, 4) is 11.1 Å². The lowest BCUT2D eigenvalue weighted by Crippen LogP contribution is -2.12. The van der Waals surface area contributed by atoms with E-state index in [0.717, 1.165) is 29.8 Å². The highest BCUT2D eigenvalue weighted by molar-refractivity contribution is 6.30. The number of benzene rings is 2. The zero-order valence-electron chi connectivity index (χ0n) is 11.1. The molecule has 100 valence electrons. The van der Waals surface area contributed by atoms with Gasteiger partial charge in [0.15, 0.2) is 0 Å². The van der Waals surface area contributed by atoms with E-state index in [1.807, 2.05) is 24.3 Å². The average Bonchev–Trinajstić information content (AvgIpc) is 2.40. The Bertz CT molecular complexity index is 581. The van der Waals surface area contributed by atoms with Gasteiger partial charge >= 0.3 is 0 Å². The largest absolute Gasteiger partial charge is 0.313 e. The molecule has 0 spiro atoms. The van der Waals surface area contributed by atoms with E-state index in [1.54, 1.807) is 13.0 Å². The average molecular weight is 278 g/mol. The molecule has 0 fully saturated rings. The van der Waals surface area contributed by atoms with Gasteiger partial charge in [0, 0.05) is 11.6 Å². The first-order valence-corrected chi connectivity index (χ1v) is 6.75. The number of aryl methyl sites for hydroxylation is 1. The first kappa shape index (κ1) is 14.0. The van der Waals surface area contributed by atoms with E-state index in [-0.39, 0.29) is 5.82 Å². The minimum absolute atomic E-state index is 0.181. The lowest BCUT2D eigenvalue weighted by Gasteiger charge is -2.12. The molecule has 0 amide bonds. The molecule has 2 aromatic carbocycles. The summed E-state index contributed by atoms with van der Waals surface area (Å²) < 4.78 is 13.4. The van der Waals surface area contributed by atoms with Crippen LogP contribution in [-0.4, -0.2) is 6.54 Å². The van der Waals surface area contributed by atoms with E-state index >= 15 is 0 Å². The van der Waals surface area contributed by atoms with Crippen LogP contribution < -0.4 is 5.32 Å². The molecule has 0 heterocycles. The highest BCUT2D eigenvalue weighted by atomic mass is 35.5. The lowest BCUT2D eigenvalue weighted by atomic mass is 9.98. The number of hydrogen-bond acceptors (Lipinski definition) is 1. The maximum atomic E-state index is 13.4. The standard InChI is InChI=1S/C16H17ClFN/c1-3-19-10-13-4-6-14(17)9-15(13)12-5-7-16(18)11(2)8-12/h4-9,19H,3,10H2,1-2H3. The zero-order valence-corrected chi connectivity index (χ0v) is 11.9. The van der Waals surface area contributed by atoms with Gasteiger partial charge in [0.25, 0.3) is 0 Å². The molecule has 0 saturated heterocycles. The van der Waals surface area contributed by atoms with Gasteiger partial charge in [-0.25, -0.2) is 4.39 Å². The second-order valence-electron chi connectivity index (χ2n) is 4.55. The summed E-state index contributed by atoms with van der Waals surface area (Å²) >= 11 is 6.08. The molecule has 2 aromatic rings. The molecule has 0 bridgehead atoms. The Morgan fingerprint density at radius 2 is 1.95 bits per heavy atom. The van der Waals surface area contributed by atoms with Crippen LogP contribution >= 0.6 is 11.6 Å². The molecular weight excluding hydrogens is 261 g/mol. The minimum Gasteiger partial charge on any atom is -0.313 e. The molecule has 3 heteroatoms. The van der Waals surface area contributed by atoms with Gasteiger partial charge < -0.3 is 5.32 Å². The maximum Gasteiger partial charge on any atom is 0.126 e. The molecule has 19 heavy (non-hydrogen) atoms. The summed E-state index contributed by atoms with van der Waals surface area (Å²) in [6.45, 7) is 5.52. The Kier molecular flexibility index (Phi) is 4.56. The lowest BCUT2D eigenvalue weighted by molar-refractivity contribution is 0.619. The minimum atomic E-state index is -0.181. The summed E-state index contributed by atoms with van der Waals surface area (Å²) in [6, 6.07) is 11.0. The fourth-order valence-electron chi connectivity index (χ4n) is 2.04. The van der Waals surface area contributed by atoms with E-state index < -0.39 is 0 Å². The van der Waals surface area contributed by atoms with Crippen LogP contribution in [-0.2, 0) is 6.54 Å². The molecule has 0 aromatic heterocycles. The van der Waals surface area contributed by atoms with Gasteiger partial charge in [-0.2, -0.15) is 0 Å². The predicted octanol–water partition coefficient (Wildman–Crippen LogP) is 4.56. The third kappa shape index (κ3) is 3.34. The molecular formula is C16H17ClFN. The van der Waals surface area contributed by atoms with Crippen molar-refractivity contribution in [1.29, 1.82) is 0 Å². The van der Waals surface area contributed by atoms with Crippen molar-refractivity contribution < 1.29 is 4.39 Å². The van der Waals surface area contributed by atoms with Crippen molar-refractivity contribution >= 4 is 11.6 Å². The maximum absolute atomic E-state index is 13.4. The van der Waals surface area contributed by atoms with Gasteiger partial charge in [0.1, 0.15) is 5.82 Å². The van der Waals surface area contributed by atoms with E-state index in [2.05, 4.69) is 12.2 Å². The molecule has 0 aliphatic heterocycles. The van der Waals surface area contributed by atoms with Gasteiger partial charge in [0.05, 0.1) is 0 Å². The van der Waals surface area contributed by atoms with E-state index in [1.165, 1.54) is 6.07 Å². The molecule has 0 atom stereocenters. The van der Waals surface area contributed by atoms with Crippen LogP contribution in [0.5, 0.6) is 0 Å². The Hall–Kier alpha value is -1.38. The fraction of sp³-hybridized carbons (Fsp3) is 0.250. The Balaban J connectivity index is 2.46. The molecule has 0 saturated carbocycles. The monoisotopic (exact) mass is 277 g/mol. The van der Waals surface area contributed by atoms with Gasteiger partial charge in [-0.1, -0.05) is 30.7 Å². The van der Waals surface area contributed by atoms with Crippen molar-refractivity contribution in [3.05, 3.63) is 58.4 Å². The summed E-state index contributed by atoms with van der Waals surface area (Å²) in [4.78, 5) is 0. The smallest absolute Gasteiger partial charge is 0.126 e. The molecule has 1 nitrogen and oxygen atoms in total. The van der Waals surface area contributed by atoms with E-state index in [0.29, 0.717) is 10.6 Å². The third-order valence-corrected chi connectivity index (χ3v) is 3.34. The van der Waals surface area contributed by atoms with E-state index in [4.69, 9.17) is 11.6 Å². The summed E-state index contributed by atoms with van der Waals surface area (Å²) in [6.07, 6.45) is 0. The highest BCUT2D eigenvalue weighted by Gasteiger charge is 2.07. The first-order chi connectivity index (χ1) is 9.11. The fourth-order valence-corrected chi connectivity index (χ4v) is 2.22. The van der Waals surface area contributed by atoms with Gasteiger partial charge in [-0.05, 0) is 60.0 Å². The van der Waals surface area contributed by atoms with Gasteiger partial charge in [-0.15, -0.1) is 0 Å². The van der Waals surface area contributed by atoms with Gasteiger partial charge in [0.2, 0.25) is 0 Å². The predicted molar refractivity (Wildman–Crippen MR) is 79.0 cm³/mol. The van der Waals surface area contributed by atoms with E-state index in [9.17, 15) is 4.39 Å². The number of hydrogen-bond donors (Lipinski definition) is 1. The topological polar surface area (TPSA) is 12.0 Å². The van der Waals surface area contributed by atoms with Crippen molar-refractivity contribution in [3.63, 3.8) is 0 Å². The number of nitrogens with one attached hydrogen (secondary N) is 1. The zero-order chi connectivity index (χ0) is 13.8. The van der Waals surface area contributed by atoms with Crippen LogP contribution in [0.25, 0.3) is 11.1 Å². The van der Waals surface area contributed by atoms with Crippen molar-refractivity contribution in [2.45, 2.75) is 20.4 Å². The molecule has 0 radical (unpaired) electrons. The number of halogens is 2. The Morgan fingerprint density at radius 1 is 1.16 bits per heavy atom. The normalized spacial score (nSPS) is 10.7. The summed E-state index contributed by atoms with van der Waals surface area (Å²) in [7, 11) is 0. The summed E-state index contributed by atoms with van der Waals surface area (Å²) in [5, 5.41) is 3.99. The van der Waals surface area contributed by atoms with Crippen LogP contribution in [0.4, 0.5) is 4.39 Å². The van der Waals surface area contributed by atoms with Crippen molar-refractivity contribution in [2.75, 3.05) is 6.54 Å². The van der Waals surface area contributed by atoms with Crippen LogP contribution in [0.2, 0.25) is 5.02 Å².